The molecule has 0 saturated carbocycles. The maximum absolute atomic E-state index is 12.8. The van der Waals surface area contributed by atoms with Crippen LogP contribution in [0.1, 0.15) is 24.0 Å². The van der Waals surface area contributed by atoms with Crippen LogP contribution in [0.15, 0.2) is 29.3 Å². The molecule has 3 N–H and O–H groups in total. The zero-order valence-corrected chi connectivity index (χ0v) is 14.2. The molecule has 0 aromatic heterocycles. The molecule has 140 valence electrons. The molecule has 25 heavy (non-hydrogen) atoms. The first-order valence-electron chi connectivity index (χ1n) is 8.18. The van der Waals surface area contributed by atoms with Gasteiger partial charge in [0, 0.05) is 38.8 Å². The molecule has 8 heteroatoms. The first-order chi connectivity index (χ1) is 11.9. The number of halogens is 3. The quantitative estimate of drug-likeness (QED) is 0.538. The molecule has 1 aliphatic heterocycles. The molecule has 5 nitrogen and oxygen atoms in total. The second-order valence-electron chi connectivity index (χ2n) is 6.25. The lowest BCUT2D eigenvalue weighted by atomic mass is 9.84. The summed E-state index contributed by atoms with van der Waals surface area (Å²) in [5, 5.41) is 15.4. The van der Waals surface area contributed by atoms with Gasteiger partial charge in [-0.3, -0.25) is 4.99 Å². The van der Waals surface area contributed by atoms with Gasteiger partial charge in [0.1, 0.15) is 0 Å². The van der Waals surface area contributed by atoms with E-state index < -0.39 is 11.7 Å². The van der Waals surface area contributed by atoms with Crippen molar-refractivity contribution in [2.24, 2.45) is 10.4 Å². The molecule has 0 bridgehead atoms. The highest BCUT2D eigenvalue weighted by Crippen LogP contribution is 2.31. The number of ether oxygens (including phenoxy) is 1. The molecular formula is C17H24F3N3O2. The van der Waals surface area contributed by atoms with Gasteiger partial charge >= 0.3 is 6.18 Å². The van der Waals surface area contributed by atoms with E-state index in [4.69, 9.17) is 4.74 Å². The summed E-state index contributed by atoms with van der Waals surface area (Å²) in [7, 11) is 1.60. The standard InChI is InChI=1S/C17H24F3N3O2/c1-21-15(23-11-16(5-7-24)6-8-25-12-16)22-10-13-3-2-4-14(9-13)17(18,19)20/h2-4,9,24H,5-8,10-12H2,1H3,(H2,21,22,23). The molecule has 1 unspecified atom stereocenters. The number of aliphatic hydroxyl groups is 1. The second-order valence-corrected chi connectivity index (χ2v) is 6.25. The van der Waals surface area contributed by atoms with Crippen LogP contribution in [0.5, 0.6) is 0 Å². The molecule has 1 heterocycles. The van der Waals surface area contributed by atoms with Crippen LogP contribution in [-0.2, 0) is 17.5 Å². The van der Waals surface area contributed by atoms with Crippen LogP contribution < -0.4 is 10.6 Å². The van der Waals surface area contributed by atoms with Crippen molar-refractivity contribution < 1.29 is 23.0 Å². The topological polar surface area (TPSA) is 65.9 Å². The number of benzene rings is 1. The summed E-state index contributed by atoms with van der Waals surface area (Å²) in [5.41, 5.74) is -0.283. The van der Waals surface area contributed by atoms with Crippen molar-refractivity contribution in [3.05, 3.63) is 35.4 Å². The summed E-state index contributed by atoms with van der Waals surface area (Å²) in [5.74, 6) is 0.502. The average Bonchev–Trinajstić information content (AvgIpc) is 3.04. The van der Waals surface area contributed by atoms with Crippen LogP contribution in [-0.4, -0.2) is 44.5 Å². The molecular weight excluding hydrogens is 335 g/mol. The van der Waals surface area contributed by atoms with Crippen molar-refractivity contribution in [1.29, 1.82) is 0 Å². The largest absolute Gasteiger partial charge is 0.416 e. The van der Waals surface area contributed by atoms with Crippen LogP contribution in [0.4, 0.5) is 13.2 Å². The van der Waals surface area contributed by atoms with E-state index in [9.17, 15) is 18.3 Å². The average molecular weight is 359 g/mol. The van der Waals surface area contributed by atoms with E-state index in [1.807, 2.05) is 0 Å². The number of nitrogens with zero attached hydrogens (tertiary/aromatic N) is 1. The van der Waals surface area contributed by atoms with Gasteiger partial charge < -0.3 is 20.5 Å². The SMILES string of the molecule is CN=C(NCc1cccc(C(F)(F)F)c1)NCC1(CCO)CCOC1. The van der Waals surface area contributed by atoms with Crippen LogP contribution in [0.25, 0.3) is 0 Å². The van der Waals surface area contributed by atoms with Gasteiger partial charge in [-0.1, -0.05) is 12.1 Å². The first-order valence-corrected chi connectivity index (χ1v) is 8.18. The van der Waals surface area contributed by atoms with Gasteiger partial charge in [0.2, 0.25) is 0 Å². The van der Waals surface area contributed by atoms with Crippen LogP contribution in [0.2, 0.25) is 0 Å². The number of rotatable bonds is 6. The Balaban J connectivity index is 1.90. The van der Waals surface area contributed by atoms with E-state index in [-0.39, 0.29) is 18.6 Å². The van der Waals surface area contributed by atoms with Gasteiger partial charge in [0.05, 0.1) is 12.2 Å². The number of guanidine groups is 1. The van der Waals surface area contributed by atoms with Crippen molar-refractivity contribution in [1.82, 2.24) is 10.6 Å². The third kappa shape index (κ3) is 5.61. The number of nitrogens with one attached hydrogen (secondary N) is 2. The minimum Gasteiger partial charge on any atom is -0.396 e. The molecule has 1 aromatic rings. The third-order valence-electron chi connectivity index (χ3n) is 4.40. The van der Waals surface area contributed by atoms with Gasteiger partial charge in [0.25, 0.3) is 0 Å². The zero-order chi connectivity index (χ0) is 18.3. The molecule has 2 rings (SSSR count). The lowest BCUT2D eigenvalue weighted by Gasteiger charge is -2.27. The molecule has 1 saturated heterocycles. The normalized spacial score (nSPS) is 21.4. The molecule has 0 aliphatic carbocycles. The smallest absolute Gasteiger partial charge is 0.396 e. The van der Waals surface area contributed by atoms with Crippen molar-refractivity contribution in [2.75, 3.05) is 33.4 Å². The highest BCUT2D eigenvalue weighted by molar-refractivity contribution is 5.79. The fourth-order valence-corrected chi connectivity index (χ4v) is 2.85. The Morgan fingerprint density at radius 1 is 1.36 bits per heavy atom. The van der Waals surface area contributed by atoms with Crippen molar-refractivity contribution >= 4 is 5.96 Å². The summed E-state index contributed by atoms with van der Waals surface area (Å²) in [6.07, 6.45) is -2.87. The molecule has 1 atom stereocenters. The number of aliphatic hydroxyl groups excluding tert-OH is 1. The van der Waals surface area contributed by atoms with E-state index in [1.165, 1.54) is 6.07 Å². The molecule has 0 spiro atoms. The van der Waals surface area contributed by atoms with Gasteiger partial charge in [-0.05, 0) is 30.5 Å². The van der Waals surface area contributed by atoms with Crippen molar-refractivity contribution in [3.63, 3.8) is 0 Å². The number of alkyl halides is 3. The van der Waals surface area contributed by atoms with E-state index >= 15 is 0 Å². The maximum Gasteiger partial charge on any atom is 0.416 e. The fraction of sp³-hybridized carbons (Fsp3) is 0.588. The summed E-state index contributed by atoms with van der Waals surface area (Å²) in [6, 6.07) is 5.20. The van der Waals surface area contributed by atoms with E-state index in [0.717, 1.165) is 18.6 Å². The van der Waals surface area contributed by atoms with Gasteiger partial charge in [0.15, 0.2) is 5.96 Å². The minimum atomic E-state index is -4.35. The number of aliphatic imine (C=N–C) groups is 1. The number of hydrogen-bond acceptors (Lipinski definition) is 3. The third-order valence-corrected chi connectivity index (χ3v) is 4.40. The highest BCUT2D eigenvalue weighted by atomic mass is 19.4. The van der Waals surface area contributed by atoms with Crippen molar-refractivity contribution in [3.8, 4) is 0 Å². The Kier molecular flexibility index (Phi) is 6.66. The second kappa shape index (κ2) is 8.53. The Bertz CT molecular complexity index is 585. The van der Waals surface area contributed by atoms with E-state index in [1.54, 1.807) is 13.1 Å². The first kappa shape index (κ1) is 19.5. The van der Waals surface area contributed by atoms with Gasteiger partial charge in [-0.2, -0.15) is 13.2 Å². The predicted octanol–water partition coefficient (Wildman–Crippen LogP) is 2.16. The molecule has 1 aromatic carbocycles. The van der Waals surface area contributed by atoms with Gasteiger partial charge in [-0.15, -0.1) is 0 Å². The van der Waals surface area contributed by atoms with E-state index in [0.29, 0.717) is 37.7 Å². The Morgan fingerprint density at radius 3 is 2.76 bits per heavy atom. The maximum atomic E-state index is 12.8. The zero-order valence-electron chi connectivity index (χ0n) is 14.2. The minimum absolute atomic E-state index is 0.0846. The Labute approximate surface area is 145 Å². The van der Waals surface area contributed by atoms with Gasteiger partial charge in [-0.25, -0.2) is 0 Å². The van der Waals surface area contributed by atoms with Crippen LogP contribution in [0, 0.1) is 5.41 Å². The van der Waals surface area contributed by atoms with E-state index in [2.05, 4.69) is 15.6 Å². The number of hydrogen-bond donors (Lipinski definition) is 3. The molecule has 0 amide bonds. The summed E-state index contributed by atoms with van der Waals surface area (Å²) < 4.78 is 43.7. The van der Waals surface area contributed by atoms with Crippen LogP contribution >= 0.6 is 0 Å². The Hall–Kier alpha value is -1.80. The highest BCUT2D eigenvalue weighted by Gasteiger charge is 2.34. The lowest BCUT2D eigenvalue weighted by Crippen LogP contribution is -2.44. The molecule has 1 aliphatic rings. The summed E-state index contributed by atoms with van der Waals surface area (Å²) >= 11 is 0. The molecule has 0 radical (unpaired) electrons. The summed E-state index contributed by atoms with van der Waals surface area (Å²) in [6.45, 7) is 2.13. The Morgan fingerprint density at radius 2 is 2.16 bits per heavy atom. The summed E-state index contributed by atoms with van der Waals surface area (Å²) in [4.78, 5) is 4.10. The monoisotopic (exact) mass is 359 g/mol. The fourth-order valence-electron chi connectivity index (χ4n) is 2.85. The lowest BCUT2D eigenvalue weighted by molar-refractivity contribution is -0.137. The molecule has 1 fully saturated rings. The van der Waals surface area contributed by atoms with Crippen molar-refractivity contribution in [2.45, 2.75) is 25.6 Å². The van der Waals surface area contributed by atoms with Crippen LogP contribution in [0.3, 0.4) is 0 Å². The predicted molar refractivity (Wildman–Crippen MR) is 89.2 cm³/mol.